The molecule has 0 bridgehead atoms. The second-order valence-corrected chi connectivity index (χ2v) is 7.31. The van der Waals surface area contributed by atoms with Gasteiger partial charge in [0, 0.05) is 68.8 Å². The first-order chi connectivity index (χ1) is 13.8. The molecule has 0 spiro atoms. The number of pyridine rings is 2. The Morgan fingerprint density at radius 1 is 0.929 bits per heavy atom. The van der Waals surface area contributed by atoms with Crippen LogP contribution in [-0.2, 0) is 13.2 Å². The van der Waals surface area contributed by atoms with E-state index >= 15 is 0 Å². The van der Waals surface area contributed by atoms with Gasteiger partial charge < -0.3 is 4.90 Å². The molecule has 0 aliphatic carbocycles. The predicted molar refractivity (Wildman–Crippen MR) is 113 cm³/mol. The summed E-state index contributed by atoms with van der Waals surface area (Å²) in [7, 11) is 0. The molecule has 0 saturated carbocycles. The highest BCUT2D eigenvalue weighted by Crippen LogP contribution is 2.19. The maximum absolute atomic E-state index is 5.75. The number of anilines is 1. The molecule has 0 N–H and O–H groups in total. The fraction of sp³-hybridized carbons (Fsp3) is 0.400. The Morgan fingerprint density at radius 3 is 2.21 bits per heavy atom. The monoisotopic (exact) mass is 395 g/mol. The Labute approximate surface area is 170 Å². The first-order valence-electron chi connectivity index (χ1n) is 9.71. The number of nitrogens with zero attached hydrogens (tertiary/aromatic N) is 7. The van der Waals surface area contributed by atoms with Crippen LogP contribution < -0.4 is 4.90 Å². The minimum Gasteiger partial charge on any atom is -0.369 e. The molecule has 3 aromatic rings. The van der Waals surface area contributed by atoms with Gasteiger partial charge in [0.05, 0.1) is 6.67 Å². The molecule has 0 amide bonds. The zero-order valence-corrected chi connectivity index (χ0v) is 16.9. The van der Waals surface area contributed by atoms with Crippen molar-refractivity contribution in [2.45, 2.75) is 26.6 Å². The Bertz CT molecular complexity index is 944. The van der Waals surface area contributed by atoms with Gasteiger partial charge in [0.15, 0.2) is 10.6 Å². The maximum atomic E-state index is 5.75. The third-order valence-electron chi connectivity index (χ3n) is 5.04. The van der Waals surface area contributed by atoms with E-state index in [0.29, 0.717) is 0 Å². The molecule has 0 aromatic carbocycles. The van der Waals surface area contributed by atoms with E-state index < -0.39 is 0 Å². The van der Waals surface area contributed by atoms with Crippen molar-refractivity contribution in [2.24, 2.45) is 0 Å². The van der Waals surface area contributed by atoms with Crippen LogP contribution in [0.2, 0.25) is 0 Å². The standard InChI is InChI=1S/C20H25N7S/c1-2-11-26-19(17-3-7-21-8-4-17)23-27(20(26)28)16-24-12-14-25(15-13-24)18-5-9-22-10-6-18/h3-10H,2,11-16H2,1H3. The number of rotatable bonds is 6. The van der Waals surface area contributed by atoms with Gasteiger partial charge in [0.1, 0.15) is 0 Å². The van der Waals surface area contributed by atoms with Crippen LogP contribution in [0.4, 0.5) is 5.69 Å². The van der Waals surface area contributed by atoms with Crippen LogP contribution in [0.25, 0.3) is 11.4 Å². The Balaban J connectivity index is 1.49. The van der Waals surface area contributed by atoms with Crippen LogP contribution in [0.15, 0.2) is 49.1 Å². The largest absolute Gasteiger partial charge is 0.369 e. The van der Waals surface area contributed by atoms with E-state index in [2.05, 4.69) is 43.4 Å². The third kappa shape index (κ3) is 3.98. The van der Waals surface area contributed by atoms with Crippen LogP contribution in [0.3, 0.4) is 0 Å². The molecular weight excluding hydrogens is 370 g/mol. The Kier molecular flexibility index (Phi) is 5.78. The summed E-state index contributed by atoms with van der Waals surface area (Å²) in [4.78, 5) is 13.0. The topological polar surface area (TPSA) is 55.0 Å². The van der Waals surface area contributed by atoms with Gasteiger partial charge in [-0.1, -0.05) is 6.92 Å². The van der Waals surface area contributed by atoms with Gasteiger partial charge in [-0.3, -0.25) is 19.4 Å². The lowest BCUT2D eigenvalue weighted by Crippen LogP contribution is -2.47. The molecular formula is C20H25N7S. The maximum Gasteiger partial charge on any atom is 0.199 e. The van der Waals surface area contributed by atoms with Crippen molar-refractivity contribution < 1.29 is 0 Å². The number of aromatic nitrogens is 5. The first-order valence-corrected chi connectivity index (χ1v) is 10.1. The quantitative estimate of drug-likeness (QED) is 0.598. The fourth-order valence-corrected chi connectivity index (χ4v) is 3.84. The van der Waals surface area contributed by atoms with Crippen LogP contribution in [-0.4, -0.2) is 55.4 Å². The second-order valence-electron chi connectivity index (χ2n) is 6.95. The van der Waals surface area contributed by atoms with E-state index in [0.717, 1.165) is 62.0 Å². The first kappa shape index (κ1) is 18.8. The zero-order valence-electron chi connectivity index (χ0n) is 16.1. The third-order valence-corrected chi connectivity index (χ3v) is 5.47. The molecule has 1 fully saturated rings. The molecule has 1 aliphatic heterocycles. The molecule has 0 radical (unpaired) electrons. The molecule has 1 saturated heterocycles. The SMILES string of the molecule is CCCn1c(-c2ccncc2)nn(CN2CCN(c3ccncc3)CC2)c1=S. The average molecular weight is 396 g/mol. The summed E-state index contributed by atoms with van der Waals surface area (Å²) < 4.78 is 4.88. The number of piperazine rings is 1. The lowest BCUT2D eigenvalue weighted by molar-refractivity contribution is 0.194. The van der Waals surface area contributed by atoms with Crippen molar-refractivity contribution in [3.63, 3.8) is 0 Å². The summed E-state index contributed by atoms with van der Waals surface area (Å²) in [5.74, 6) is 0.921. The molecule has 1 aliphatic rings. The van der Waals surface area contributed by atoms with Gasteiger partial charge in [-0.05, 0) is 42.9 Å². The molecule has 3 aromatic heterocycles. The van der Waals surface area contributed by atoms with E-state index in [1.165, 1.54) is 5.69 Å². The highest BCUT2D eigenvalue weighted by molar-refractivity contribution is 7.71. The van der Waals surface area contributed by atoms with Gasteiger partial charge in [0.2, 0.25) is 0 Å². The zero-order chi connectivity index (χ0) is 19.3. The van der Waals surface area contributed by atoms with Crippen LogP contribution in [0, 0.1) is 4.77 Å². The van der Waals surface area contributed by atoms with Gasteiger partial charge in [0.25, 0.3) is 0 Å². The van der Waals surface area contributed by atoms with Crippen molar-refractivity contribution >= 4 is 17.9 Å². The van der Waals surface area contributed by atoms with Crippen molar-refractivity contribution in [2.75, 3.05) is 31.1 Å². The summed E-state index contributed by atoms with van der Waals surface area (Å²) in [5.41, 5.74) is 2.29. The van der Waals surface area contributed by atoms with Crippen molar-refractivity contribution in [1.29, 1.82) is 0 Å². The van der Waals surface area contributed by atoms with Crippen LogP contribution >= 0.6 is 12.2 Å². The summed E-state index contributed by atoms with van der Waals surface area (Å²) in [5, 5.41) is 4.85. The fourth-order valence-electron chi connectivity index (χ4n) is 3.56. The minimum absolute atomic E-state index is 0.720. The van der Waals surface area contributed by atoms with Crippen molar-refractivity contribution in [1.82, 2.24) is 29.2 Å². The van der Waals surface area contributed by atoms with Gasteiger partial charge in [-0.2, -0.15) is 5.10 Å². The second kappa shape index (κ2) is 8.62. The molecule has 4 rings (SSSR count). The molecule has 0 atom stereocenters. The van der Waals surface area contributed by atoms with E-state index in [4.69, 9.17) is 17.3 Å². The summed E-state index contributed by atoms with van der Waals surface area (Å²) in [6.45, 7) is 7.69. The van der Waals surface area contributed by atoms with E-state index in [-0.39, 0.29) is 0 Å². The summed E-state index contributed by atoms with van der Waals surface area (Å²) in [6, 6.07) is 8.11. The molecule has 0 unspecified atom stereocenters. The van der Waals surface area contributed by atoms with Crippen LogP contribution in [0.5, 0.6) is 0 Å². The predicted octanol–water partition coefficient (Wildman–Crippen LogP) is 3.06. The van der Waals surface area contributed by atoms with E-state index in [1.54, 1.807) is 12.4 Å². The summed E-state index contributed by atoms with van der Waals surface area (Å²) in [6.07, 6.45) is 8.31. The average Bonchev–Trinajstić information content (AvgIpc) is 3.06. The van der Waals surface area contributed by atoms with Gasteiger partial charge in [-0.25, -0.2) is 4.68 Å². The Hall–Kier alpha value is -2.58. The highest BCUT2D eigenvalue weighted by atomic mass is 32.1. The lowest BCUT2D eigenvalue weighted by atomic mass is 10.2. The van der Waals surface area contributed by atoms with Crippen molar-refractivity contribution in [3.05, 3.63) is 53.8 Å². The molecule has 8 heteroatoms. The molecule has 7 nitrogen and oxygen atoms in total. The molecule has 28 heavy (non-hydrogen) atoms. The number of hydrogen-bond donors (Lipinski definition) is 0. The Morgan fingerprint density at radius 2 is 1.57 bits per heavy atom. The normalized spacial score (nSPS) is 15.1. The molecule has 146 valence electrons. The van der Waals surface area contributed by atoms with Crippen LogP contribution in [0.1, 0.15) is 13.3 Å². The lowest BCUT2D eigenvalue weighted by Gasteiger charge is -2.35. The minimum atomic E-state index is 0.720. The highest BCUT2D eigenvalue weighted by Gasteiger charge is 2.19. The smallest absolute Gasteiger partial charge is 0.199 e. The molecule has 4 heterocycles. The van der Waals surface area contributed by atoms with Crippen molar-refractivity contribution in [3.8, 4) is 11.4 Å². The van der Waals surface area contributed by atoms with E-state index in [1.807, 2.05) is 29.2 Å². The van der Waals surface area contributed by atoms with Gasteiger partial charge in [-0.15, -0.1) is 0 Å². The van der Waals surface area contributed by atoms with E-state index in [9.17, 15) is 0 Å². The van der Waals surface area contributed by atoms with Gasteiger partial charge >= 0.3 is 0 Å². The summed E-state index contributed by atoms with van der Waals surface area (Å²) >= 11 is 5.75. The number of hydrogen-bond acceptors (Lipinski definition) is 6.